The molecule has 0 aliphatic carbocycles. The summed E-state index contributed by atoms with van der Waals surface area (Å²) < 4.78 is 0. The quantitative estimate of drug-likeness (QED) is 0.257. The van der Waals surface area contributed by atoms with Crippen LogP contribution in [0.4, 0.5) is 17.1 Å². The van der Waals surface area contributed by atoms with E-state index in [4.69, 9.17) is 0 Å². The molecule has 2 aliphatic heterocycles. The number of hydrogen-bond acceptors (Lipinski definition) is 7. The molecule has 7 nitrogen and oxygen atoms in total. The maximum absolute atomic E-state index is 9.74. The molecule has 4 aromatic carbocycles. The van der Waals surface area contributed by atoms with Crippen LogP contribution in [0.5, 0.6) is 5.75 Å². The van der Waals surface area contributed by atoms with E-state index >= 15 is 0 Å². The number of amidine groups is 2. The van der Waals surface area contributed by atoms with Gasteiger partial charge in [-0.1, -0.05) is 72.3 Å². The first-order valence-electron chi connectivity index (χ1n) is 14.2. The van der Waals surface area contributed by atoms with Crippen molar-refractivity contribution in [2.75, 3.05) is 49.1 Å². The van der Waals surface area contributed by atoms with Crippen molar-refractivity contribution in [3.8, 4) is 5.75 Å². The van der Waals surface area contributed by atoms with Gasteiger partial charge >= 0.3 is 0 Å². The molecule has 0 unspecified atom stereocenters. The largest absolute Gasteiger partial charge is 0.508 e. The molecule has 2 heterocycles. The number of aryl methyl sites for hydroxylation is 1. The normalized spacial score (nSPS) is 13.7. The molecule has 4 aromatic rings. The fourth-order valence-electron chi connectivity index (χ4n) is 4.83. The van der Waals surface area contributed by atoms with Gasteiger partial charge in [0.15, 0.2) is 0 Å². The lowest BCUT2D eigenvalue weighted by Crippen LogP contribution is -2.34. The second-order valence-electron chi connectivity index (χ2n) is 10.1. The summed E-state index contributed by atoms with van der Waals surface area (Å²) in [6.45, 7) is 8.06. The van der Waals surface area contributed by atoms with Crippen molar-refractivity contribution in [2.24, 2.45) is 9.98 Å². The van der Waals surface area contributed by atoms with Gasteiger partial charge in [-0.15, -0.1) is 0 Å². The molecule has 3 N–H and O–H groups in total. The van der Waals surface area contributed by atoms with Crippen LogP contribution in [0.2, 0.25) is 0 Å². The average Bonchev–Trinajstić information content (AvgIpc) is 3.72. The number of nitrogens with one attached hydrogen (secondary N) is 2. The Bertz CT molecular complexity index is 1440. The first-order chi connectivity index (χ1) is 20.1. The summed E-state index contributed by atoms with van der Waals surface area (Å²) in [5, 5.41) is 16.4. The zero-order chi connectivity index (χ0) is 28.3. The fraction of sp³-hybridized carbons (Fsp3) is 0.235. The molecule has 7 heteroatoms. The minimum Gasteiger partial charge on any atom is -0.508 e. The lowest BCUT2D eigenvalue weighted by molar-refractivity contribution is 0.475. The third-order valence-corrected chi connectivity index (χ3v) is 6.96. The van der Waals surface area contributed by atoms with Gasteiger partial charge in [-0.05, 0) is 48.9 Å². The Morgan fingerprint density at radius 2 is 1.24 bits per heavy atom. The van der Waals surface area contributed by atoms with Crippen LogP contribution in [0.1, 0.15) is 11.1 Å². The summed E-state index contributed by atoms with van der Waals surface area (Å²) in [5.74, 6) is 2.34. The predicted molar refractivity (Wildman–Crippen MR) is 171 cm³/mol. The van der Waals surface area contributed by atoms with E-state index in [1.807, 2.05) is 12.1 Å². The number of para-hydroxylation sites is 1. The molecule has 0 atom stereocenters. The van der Waals surface area contributed by atoms with Crippen molar-refractivity contribution >= 4 is 28.7 Å². The maximum Gasteiger partial charge on any atom is 0.117 e. The molecule has 0 aromatic heterocycles. The zero-order valence-electron chi connectivity index (χ0n) is 23.6. The number of hydrogen-bond donors (Lipinski definition) is 3. The standard InChI is InChI=1S/C17H19N3O.C17H19N3/c1-13-5-7-14(8-6-13)20(12-17-18-9-10-19-17)15-3-2-4-16(21)11-15;1-3-7-15(8-4-1)13-20(14-17-18-11-12-19-17)16-9-5-2-6-10-16/h2-8,11,21H,9-10,12H2,1H3,(H,18,19);1-10H,11-14H2,(H,18,19). The summed E-state index contributed by atoms with van der Waals surface area (Å²) in [6.07, 6.45) is 0. The molecule has 0 saturated carbocycles. The summed E-state index contributed by atoms with van der Waals surface area (Å²) in [4.78, 5) is 13.5. The predicted octanol–water partition coefficient (Wildman–Crippen LogP) is 5.54. The molecule has 0 amide bonds. The molecule has 6 rings (SSSR count). The summed E-state index contributed by atoms with van der Waals surface area (Å²) in [5.41, 5.74) is 5.81. The Kier molecular flexibility index (Phi) is 9.50. The molecule has 0 radical (unpaired) electrons. The van der Waals surface area contributed by atoms with E-state index in [1.165, 1.54) is 16.8 Å². The molecular weight excluding hydrogens is 508 g/mol. The van der Waals surface area contributed by atoms with Gasteiger partial charge in [0.2, 0.25) is 0 Å². The number of benzene rings is 4. The highest BCUT2D eigenvalue weighted by Crippen LogP contribution is 2.28. The van der Waals surface area contributed by atoms with Crippen LogP contribution in [-0.2, 0) is 6.54 Å². The topological polar surface area (TPSA) is 75.5 Å². The summed E-state index contributed by atoms with van der Waals surface area (Å²) in [7, 11) is 0. The second kappa shape index (κ2) is 14.0. The third-order valence-electron chi connectivity index (χ3n) is 6.96. The smallest absolute Gasteiger partial charge is 0.117 e. The molecular formula is C34H38N6O. The Morgan fingerprint density at radius 1 is 0.634 bits per heavy atom. The van der Waals surface area contributed by atoms with Gasteiger partial charge in [-0.25, -0.2) is 0 Å². The van der Waals surface area contributed by atoms with Crippen LogP contribution in [0.25, 0.3) is 0 Å². The van der Waals surface area contributed by atoms with Gasteiger partial charge in [-0.2, -0.15) is 0 Å². The van der Waals surface area contributed by atoms with Gasteiger partial charge in [-0.3, -0.25) is 9.98 Å². The minimum atomic E-state index is 0.269. The minimum absolute atomic E-state index is 0.269. The Morgan fingerprint density at radius 3 is 1.85 bits per heavy atom. The van der Waals surface area contributed by atoms with Gasteiger partial charge < -0.3 is 25.5 Å². The summed E-state index contributed by atoms with van der Waals surface area (Å²) >= 11 is 0. The second-order valence-corrected chi connectivity index (χ2v) is 10.1. The molecule has 0 spiro atoms. The highest BCUT2D eigenvalue weighted by atomic mass is 16.3. The lowest BCUT2D eigenvalue weighted by Gasteiger charge is -2.25. The van der Waals surface area contributed by atoms with Crippen LogP contribution in [0.3, 0.4) is 0 Å². The number of aliphatic imine (C=N–C) groups is 2. The number of aromatic hydroxyl groups is 1. The van der Waals surface area contributed by atoms with E-state index in [1.54, 1.807) is 12.1 Å². The fourth-order valence-corrected chi connectivity index (χ4v) is 4.83. The average molecular weight is 547 g/mol. The number of anilines is 3. The van der Waals surface area contributed by atoms with Crippen LogP contribution >= 0.6 is 0 Å². The lowest BCUT2D eigenvalue weighted by atomic mass is 10.2. The maximum atomic E-state index is 9.74. The highest BCUT2D eigenvalue weighted by molar-refractivity contribution is 5.90. The SMILES string of the molecule is Cc1ccc(N(CC2=NCCN2)c2cccc(O)c2)cc1.c1ccc(CN(CC2=NCCN2)c2ccccc2)cc1. The highest BCUT2D eigenvalue weighted by Gasteiger charge is 2.15. The number of rotatable bonds is 9. The molecule has 0 fully saturated rings. The molecule has 0 bridgehead atoms. The Labute approximate surface area is 242 Å². The summed E-state index contributed by atoms with van der Waals surface area (Å²) in [6, 6.07) is 36.8. The molecule has 0 saturated heterocycles. The van der Waals surface area contributed by atoms with E-state index in [0.29, 0.717) is 6.54 Å². The van der Waals surface area contributed by atoms with E-state index in [0.717, 1.165) is 62.3 Å². The van der Waals surface area contributed by atoms with E-state index in [2.05, 4.69) is 122 Å². The van der Waals surface area contributed by atoms with Gasteiger partial charge in [0.05, 0.1) is 26.2 Å². The van der Waals surface area contributed by atoms with Crippen molar-refractivity contribution in [1.29, 1.82) is 0 Å². The monoisotopic (exact) mass is 546 g/mol. The van der Waals surface area contributed by atoms with Crippen molar-refractivity contribution < 1.29 is 5.11 Å². The number of phenols is 1. The van der Waals surface area contributed by atoms with Crippen LogP contribution in [0.15, 0.2) is 119 Å². The van der Waals surface area contributed by atoms with Crippen LogP contribution in [0, 0.1) is 6.92 Å². The first kappa shape index (κ1) is 27.8. The van der Waals surface area contributed by atoms with Crippen molar-refractivity contribution in [3.63, 3.8) is 0 Å². The zero-order valence-corrected chi connectivity index (χ0v) is 23.6. The Hall–Kier alpha value is -4.78. The number of phenolic OH excluding ortho intramolecular Hbond substituents is 1. The van der Waals surface area contributed by atoms with Crippen LogP contribution < -0.4 is 20.4 Å². The molecule has 2 aliphatic rings. The van der Waals surface area contributed by atoms with Crippen molar-refractivity contribution in [1.82, 2.24) is 10.6 Å². The third kappa shape index (κ3) is 8.11. The van der Waals surface area contributed by atoms with Crippen molar-refractivity contribution in [2.45, 2.75) is 13.5 Å². The van der Waals surface area contributed by atoms with Gasteiger partial charge in [0.25, 0.3) is 0 Å². The first-order valence-corrected chi connectivity index (χ1v) is 14.2. The molecule has 41 heavy (non-hydrogen) atoms. The van der Waals surface area contributed by atoms with Crippen LogP contribution in [-0.4, -0.2) is 56.0 Å². The van der Waals surface area contributed by atoms with Gasteiger partial charge in [0.1, 0.15) is 17.4 Å². The molecule has 210 valence electrons. The Balaban J connectivity index is 0.000000165. The number of nitrogens with zero attached hydrogens (tertiary/aromatic N) is 4. The van der Waals surface area contributed by atoms with E-state index in [9.17, 15) is 5.11 Å². The van der Waals surface area contributed by atoms with Crippen molar-refractivity contribution in [3.05, 3.63) is 120 Å². The van der Waals surface area contributed by atoms with Gasteiger partial charge in [0, 0.05) is 42.8 Å². The van der Waals surface area contributed by atoms with E-state index in [-0.39, 0.29) is 5.75 Å². The van der Waals surface area contributed by atoms with E-state index < -0.39 is 0 Å².